The van der Waals surface area contributed by atoms with Gasteiger partial charge in [-0.2, -0.15) is 9.40 Å². The zero-order valence-electron chi connectivity index (χ0n) is 12.6. The summed E-state index contributed by atoms with van der Waals surface area (Å²) < 4.78 is 43.1. The van der Waals surface area contributed by atoms with E-state index in [1.54, 1.807) is 24.0 Å². The lowest BCUT2D eigenvalue weighted by atomic mass is 10.0. The van der Waals surface area contributed by atoms with Gasteiger partial charge < -0.3 is 0 Å². The highest BCUT2D eigenvalue weighted by Gasteiger charge is 2.37. The molecule has 1 saturated heterocycles. The van der Waals surface area contributed by atoms with Crippen molar-refractivity contribution in [3.8, 4) is 0 Å². The van der Waals surface area contributed by atoms with Crippen LogP contribution in [0, 0.1) is 5.82 Å². The fourth-order valence-corrected chi connectivity index (χ4v) is 4.88. The second kappa shape index (κ2) is 6.22. The minimum absolute atomic E-state index is 0.170. The zero-order valence-corrected chi connectivity index (χ0v) is 14.2. The maximum atomic E-state index is 14.1. The molecule has 0 saturated carbocycles. The lowest BCUT2D eigenvalue weighted by Gasteiger charge is -2.34. The molecule has 2 aromatic rings. The van der Waals surface area contributed by atoms with Gasteiger partial charge in [0, 0.05) is 24.8 Å². The predicted molar refractivity (Wildman–Crippen MR) is 85.1 cm³/mol. The molecule has 0 amide bonds. The van der Waals surface area contributed by atoms with Gasteiger partial charge >= 0.3 is 0 Å². The number of piperidine rings is 1. The molecule has 0 aliphatic carbocycles. The Balaban J connectivity index is 2.04. The van der Waals surface area contributed by atoms with E-state index in [2.05, 4.69) is 5.10 Å². The van der Waals surface area contributed by atoms with Crippen molar-refractivity contribution in [3.63, 3.8) is 0 Å². The van der Waals surface area contributed by atoms with E-state index < -0.39 is 15.8 Å². The molecule has 2 heterocycles. The number of aryl methyl sites for hydroxylation is 1. The highest BCUT2D eigenvalue weighted by molar-refractivity contribution is 7.89. The number of aromatic nitrogens is 2. The molecule has 1 atom stereocenters. The van der Waals surface area contributed by atoms with Crippen LogP contribution in [0.15, 0.2) is 35.4 Å². The number of hydrogen-bond donors (Lipinski definition) is 0. The van der Waals surface area contributed by atoms with Crippen molar-refractivity contribution in [2.24, 2.45) is 7.05 Å². The number of sulfonamides is 1. The highest BCUT2D eigenvalue weighted by atomic mass is 35.5. The zero-order chi connectivity index (χ0) is 16.6. The lowest BCUT2D eigenvalue weighted by Crippen LogP contribution is -2.39. The topological polar surface area (TPSA) is 55.2 Å². The molecule has 1 aromatic carbocycles. The third-order valence-corrected chi connectivity index (χ3v) is 6.31. The summed E-state index contributed by atoms with van der Waals surface area (Å²) in [5.74, 6) is -0.827. The minimum atomic E-state index is -3.94. The standard InChI is InChI=1S/C15H17ClFN3O2S/c1-19-13(7-8-18-19)14-4-2-3-9-20(14)23(21,22)15-6-5-11(16)10-12(15)17/h5-8,10,14H,2-4,9H2,1H3/t14-/m0/s1. The van der Waals surface area contributed by atoms with Gasteiger partial charge in [-0.3, -0.25) is 4.68 Å². The second-order valence-electron chi connectivity index (χ2n) is 5.58. The Morgan fingerprint density at radius 1 is 1.30 bits per heavy atom. The van der Waals surface area contributed by atoms with Gasteiger partial charge in [0.25, 0.3) is 0 Å². The van der Waals surface area contributed by atoms with Crippen LogP contribution in [-0.2, 0) is 17.1 Å². The van der Waals surface area contributed by atoms with Gasteiger partial charge in [0.05, 0.1) is 11.7 Å². The average Bonchev–Trinajstić information content (AvgIpc) is 2.93. The molecule has 1 aliphatic heterocycles. The van der Waals surface area contributed by atoms with Crippen molar-refractivity contribution in [1.82, 2.24) is 14.1 Å². The summed E-state index contributed by atoms with van der Waals surface area (Å²) in [7, 11) is -2.17. The van der Waals surface area contributed by atoms with Crippen LogP contribution in [0.3, 0.4) is 0 Å². The molecular formula is C15H17ClFN3O2S. The molecule has 3 rings (SSSR count). The third-order valence-electron chi connectivity index (χ3n) is 4.13. The Bertz CT molecular complexity index is 822. The fourth-order valence-electron chi connectivity index (χ4n) is 3.01. The van der Waals surface area contributed by atoms with E-state index in [0.717, 1.165) is 24.6 Å². The summed E-state index contributed by atoms with van der Waals surface area (Å²) in [6, 6.07) is 5.10. The number of halogens is 2. The van der Waals surface area contributed by atoms with Crippen molar-refractivity contribution in [3.05, 3.63) is 47.0 Å². The first-order valence-corrected chi connectivity index (χ1v) is 9.18. The van der Waals surface area contributed by atoms with E-state index in [1.807, 2.05) is 0 Å². The minimum Gasteiger partial charge on any atom is -0.271 e. The predicted octanol–water partition coefficient (Wildman–Crippen LogP) is 3.13. The van der Waals surface area contributed by atoms with Crippen LogP contribution in [-0.4, -0.2) is 29.0 Å². The molecule has 1 aliphatic rings. The first-order chi connectivity index (χ1) is 10.9. The second-order valence-corrected chi connectivity index (χ2v) is 7.88. The van der Waals surface area contributed by atoms with Crippen molar-refractivity contribution in [2.75, 3.05) is 6.54 Å². The first kappa shape index (κ1) is 16.4. The normalized spacial score (nSPS) is 19.9. The van der Waals surface area contributed by atoms with Gasteiger partial charge in [-0.05, 0) is 37.1 Å². The summed E-state index contributed by atoms with van der Waals surface area (Å²) in [6.45, 7) is 0.361. The average molecular weight is 358 g/mol. The monoisotopic (exact) mass is 357 g/mol. The van der Waals surface area contributed by atoms with E-state index in [4.69, 9.17) is 11.6 Å². The molecule has 1 fully saturated rings. The molecule has 1 aromatic heterocycles. The summed E-state index contributed by atoms with van der Waals surface area (Å²) in [6.07, 6.45) is 4.00. The molecule has 124 valence electrons. The van der Waals surface area contributed by atoms with Crippen LogP contribution in [0.25, 0.3) is 0 Å². The molecule has 0 bridgehead atoms. The summed E-state index contributed by atoms with van der Waals surface area (Å²) >= 11 is 5.72. The highest BCUT2D eigenvalue weighted by Crippen LogP contribution is 2.36. The maximum Gasteiger partial charge on any atom is 0.246 e. The van der Waals surface area contributed by atoms with Crippen LogP contribution in [0.5, 0.6) is 0 Å². The molecule has 0 spiro atoms. The SMILES string of the molecule is Cn1nccc1[C@@H]1CCCCN1S(=O)(=O)c1ccc(Cl)cc1F. The fraction of sp³-hybridized carbons (Fsp3) is 0.400. The van der Waals surface area contributed by atoms with Gasteiger partial charge in [-0.1, -0.05) is 18.0 Å². The largest absolute Gasteiger partial charge is 0.271 e. The van der Waals surface area contributed by atoms with Gasteiger partial charge in [0.1, 0.15) is 10.7 Å². The molecule has 0 radical (unpaired) electrons. The van der Waals surface area contributed by atoms with Crippen molar-refractivity contribution in [2.45, 2.75) is 30.2 Å². The van der Waals surface area contributed by atoms with Gasteiger partial charge in [0.15, 0.2) is 0 Å². The van der Waals surface area contributed by atoms with Crippen molar-refractivity contribution < 1.29 is 12.8 Å². The van der Waals surface area contributed by atoms with Crippen LogP contribution in [0.4, 0.5) is 4.39 Å². The van der Waals surface area contributed by atoms with E-state index in [9.17, 15) is 12.8 Å². The number of rotatable bonds is 3. The Morgan fingerprint density at radius 2 is 2.09 bits per heavy atom. The first-order valence-electron chi connectivity index (χ1n) is 7.36. The van der Waals surface area contributed by atoms with Gasteiger partial charge in [-0.25, -0.2) is 12.8 Å². The summed E-state index contributed by atoms with van der Waals surface area (Å²) in [5.41, 5.74) is 0.808. The molecule has 0 N–H and O–H groups in total. The molecule has 0 unspecified atom stereocenters. The quantitative estimate of drug-likeness (QED) is 0.848. The maximum absolute atomic E-state index is 14.1. The van der Waals surface area contributed by atoms with Gasteiger partial charge in [-0.15, -0.1) is 0 Å². The Kier molecular flexibility index (Phi) is 4.44. The summed E-state index contributed by atoms with van der Waals surface area (Å²) in [5, 5.41) is 4.28. The van der Waals surface area contributed by atoms with Gasteiger partial charge in [0.2, 0.25) is 10.0 Å². The number of nitrogens with zero attached hydrogens (tertiary/aromatic N) is 3. The van der Waals surface area contributed by atoms with E-state index in [-0.39, 0.29) is 16.0 Å². The molecular weight excluding hydrogens is 341 g/mol. The Morgan fingerprint density at radius 3 is 2.74 bits per heavy atom. The molecule has 5 nitrogen and oxygen atoms in total. The number of benzene rings is 1. The van der Waals surface area contributed by atoms with Crippen LogP contribution in [0.2, 0.25) is 5.02 Å². The number of hydrogen-bond acceptors (Lipinski definition) is 3. The Hall–Kier alpha value is -1.44. The van der Waals surface area contributed by atoms with E-state index in [0.29, 0.717) is 13.0 Å². The lowest BCUT2D eigenvalue weighted by molar-refractivity contribution is 0.245. The third kappa shape index (κ3) is 3.00. The summed E-state index contributed by atoms with van der Waals surface area (Å²) in [4.78, 5) is -0.337. The van der Waals surface area contributed by atoms with Crippen LogP contribution in [0.1, 0.15) is 31.0 Å². The van der Waals surface area contributed by atoms with E-state index >= 15 is 0 Å². The van der Waals surface area contributed by atoms with Crippen molar-refractivity contribution in [1.29, 1.82) is 0 Å². The Labute approximate surface area is 139 Å². The van der Waals surface area contributed by atoms with Crippen LogP contribution < -0.4 is 0 Å². The molecule has 8 heteroatoms. The molecule has 23 heavy (non-hydrogen) atoms. The van der Waals surface area contributed by atoms with Crippen molar-refractivity contribution >= 4 is 21.6 Å². The van der Waals surface area contributed by atoms with E-state index in [1.165, 1.54) is 16.4 Å². The van der Waals surface area contributed by atoms with Crippen LogP contribution >= 0.6 is 11.6 Å². The smallest absolute Gasteiger partial charge is 0.246 e.